The lowest BCUT2D eigenvalue weighted by atomic mass is 10.1. The molecule has 1 N–H and O–H groups in total. The Kier molecular flexibility index (Phi) is 4.77. The lowest BCUT2D eigenvalue weighted by Gasteiger charge is -2.11. The first-order valence-corrected chi connectivity index (χ1v) is 7.99. The molecular weight excluding hydrogens is 272 g/mol. The molecule has 1 unspecified atom stereocenters. The Morgan fingerprint density at radius 3 is 3.00 bits per heavy atom. The maximum Gasteiger partial charge on any atom is 0.157 e. The van der Waals surface area contributed by atoms with Gasteiger partial charge in [-0.3, -0.25) is 4.99 Å². The van der Waals surface area contributed by atoms with Crippen molar-refractivity contribution in [3.8, 4) is 0 Å². The van der Waals surface area contributed by atoms with Crippen molar-refractivity contribution in [2.75, 3.05) is 5.75 Å². The molecule has 0 spiro atoms. The van der Waals surface area contributed by atoms with Gasteiger partial charge in [0.15, 0.2) is 5.17 Å². The largest absolute Gasteiger partial charge is 0.361 e. The smallest absolute Gasteiger partial charge is 0.157 e. The van der Waals surface area contributed by atoms with E-state index in [0.717, 1.165) is 27.7 Å². The van der Waals surface area contributed by atoms with Crippen molar-refractivity contribution in [3.05, 3.63) is 21.3 Å². The normalized spacial score (nSPS) is 22.4. The SMILES string of the molecule is CC(C)CC1CSC(=NCc2ccc(Cl)s2)N1. The number of hydrogen-bond donors (Lipinski definition) is 1. The highest BCUT2D eigenvalue weighted by Crippen LogP contribution is 2.23. The predicted octanol–water partition coefficient (Wildman–Crippen LogP) is 4.01. The first-order valence-electron chi connectivity index (χ1n) is 5.81. The van der Waals surface area contributed by atoms with Gasteiger partial charge in [-0.2, -0.15) is 0 Å². The van der Waals surface area contributed by atoms with E-state index in [0.29, 0.717) is 6.04 Å². The van der Waals surface area contributed by atoms with Gasteiger partial charge in [-0.1, -0.05) is 37.2 Å². The summed E-state index contributed by atoms with van der Waals surface area (Å²) in [6, 6.07) is 4.56. The van der Waals surface area contributed by atoms with Crippen molar-refractivity contribution in [2.24, 2.45) is 10.9 Å². The van der Waals surface area contributed by atoms with Crippen molar-refractivity contribution in [1.29, 1.82) is 0 Å². The van der Waals surface area contributed by atoms with E-state index in [-0.39, 0.29) is 0 Å². The van der Waals surface area contributed by atoms with Gasteiger partial charge >= 0.3 is 0 Å². The van der Waals surface area contributed by atoms with E-state index in [2.05, 4.69) is 24.2 Å². The van der Waals surface area contributed by atoms with E-state index in [1.807, 2.05) is 23.9 Å². The molecule has 1 aromatic rings. The van der Waals surface area contributed by atoms with Crippen LogP contribution in [0.15, 0.2) is 17.1 Å². The number of nitrogens with zero attached hydrogens (tertiary/aromatic N) is 1. The van der Waals surface area contributed by atoms with Crippen molar-refractivity contribution in [2.45, 2.75) is 32.9 Å². The fourth-order valence-electron chi connectivity index (χ4n) is 1.81. The molecule has 2 nitrogen and oxygen atoms in total. The Hall–Kier alpha value is -0.190. The first kappa shape index (κ1) is 13.2. The van der Waals surface area contributed by atoms with Gasteiger partial charge in [0, 0.05) is 16.7 Å². The zero-order valence-electron chi connectivity index (χ0n) is 10.1. The fraction of sp³-hybridized carbons (Fsp3) is 0.583. The number of halogens is 1. The van der Waals surface area contributed by atoms with E-state index in [1.165, 1.54) is 11.3 Å². The fourth-order valence-corrected chi connectivity index (χ4v) is 3.81. The molecule has 1 aromatic heterocycles. The average Bonchev–Trinajstić information content (AvgIpc) is 2.84. The van der Waals surface area contributed by atoms with Crippen molar-refractivity contribution in [3.63, 3.8) is 0 Å². The summed E-state index contributed by atoms with van der Waals surface area (Å²) in [5, 5.41) is 4.57. The van der Waals surface area contributed by atoms with Crippen LogP contribution in [0.2, 0.25) is 4.34 Å². The van der Waals surface area contributed by atoms with E-state index >= 15 is 0 Å². The summed E-state index contributed by atoms with van der Waals surface area (Å²) in [7, 11) is 0. The summed E-state index contributed by atoms with van der Waals surface area (Å²) in [4.78, 5) is 5.80. The number of rotatable bonds is 4. The predicted molar refractivity (Wildman–Crippen MR) is 79.3 cm³/mol. The van der Waals surface area contributed by atoms with Crippen molar-refractivity contribution in [1.82, 2.24) is 5.32 Å². The Bertz CT molecular complexity index is 401. The molecular formula is C12H17ClN2S2. The van der Waals surface area contributed by atoms with Gasteiger partial charge in [-0.15, -0.1) is 11.3 Å². The molecule has 94 valence electrons. The highest BCUT2D eigenvalue weighted by atomic mass is 35.5. The van der Waals surface area contributed by atoms with Gasteiger partial charge in [-0.25, -0.2) is 0 Å². The monoisotopic (exact) mass is 288 g/mol. The highest BCUT2D eigenvalue weighted by Gasteiger charge is 2.20. The van der Waals surface area contributed by atoms with Crippen LogP contribution in [0.1, 0.15) is 25.1 Å². The molecule has 1 saturated heterocycles. The average molecular weight is 289 g/mol. The molecule has 1 atom stereocenters. The summed E-state index contributed by atoms with van der Waals surface area (Å²) in [5.41, 5.74) is 0. The molecule has 1 fully saturated rings. The molecule has 0 amide bonds. The standard InChI is InChI=1S/C12H17ClN2S2/c1-8(2)5-9-7-16-12(15-9)14-6-10-3-4-11(13)17-10/h3-4,8-9H,5-7H2,1-2H3,(H,14,15). The lowest BCUT2D eigenvalue weighted by molar-refractivity contribution is 0.502. The summed E-state index contributed by atoms with van der Waals surface area (Å²) in [5.74, 6) is 1.88. The van der Waals surface area contributed by atoms with Gasteiger partial charge < -0.3 is 5.32 Å². The molecule has 1 aliphatic rings. The van der Waals surface area contributed by atoms with Crippen molar-refractivity contribution < 1.29 is 0 Å². The number of amidine groups is 1. The molecule has 0 aromatic carbocycles. The van der Waals surface area contributed by atoms with E-state index in [9.17, 15) is 0 Å². The third kappa shape index (κ3) is 4.19. The number of nitrogens with one attached hydrogen (secondary N) is 1. The third-order valence-electron chi connectivity index (χ3n) is 2.51. The van der Waals surface area contributed by atoms with Gasteiger partial charge in [0.05, 0.1) is 10.9 Å². The van der Waals surface area contributed by atoms with E-state index < -0.39 is 0 Å². The second-order valence-electron chi connectivity index (χ2n) is 4.61. The summed E-state index contributed by atoms with van der Waals surface area (Å²) in [6.45, 7) is 5.26. The minimum absolute atomic E-state index is 0.589. The topological polar surface area (TPSA) is 24.4 Å². The summed E-state index contributed by atoms with van der Waals surface area (Å²) >= 11 is 9.32. The van der Waals surface area contributed by atoms with Crippen LogP contribution in [-0.2, 0) is 6.54 Å². The molecule has 0 aliphatic carbocycles. The zero-order chi connectivity index (χ0) is 12.3. The number of thiophene rings is 1. The zero-order valence-corrected chi connectivity index (χ0v) is 12.5. The third-order valence-corrected chi connectivity index (χ3v) is 4.82. The van der Waals surface area contributed by atoms with Crippen LogP contribution in [0.3, 0.4) is 0 Å². The van der Waals surface area contributed by atoms with Crippen LogP contribution < -0.4 is 5.32 Å². The molecule has 0 radical (unpaired) electrons. The minimum Gasteiger partial charge on any atom is -0.361 e. The second kappa shape index (κ2) is 6.12. The Balaban J connectivity index is 1.83. The van der Waals surface area contributed by atoms with Gasteiger partial charge in [0.1, 0.15) is 0 Å². The van der Waals surface area contributed by atoms with Crippen LogP contribution in [0.5, 0.6) is 0 Å². The second-order valence-corrected chi connectivity index (χ2v) is 7.42. The summed E-state index contributed by atoms with van der Waals surface area (Å²) < 4.78 is 0.838. The van der Waals surface area contributed by atoms with Crippen LogP contribution >= 0.6 is 34.7 Å². The van der Waals surface area contributed by atoms with Crippen LogP contribution in [-0.4, -0.2) is 17.0 Å². The molecule has 1 aliphatic heterocycles. The van der Waals surface area contributed by atoms with Crippen LogP contribution in [0, 0.1) is 5.92 Å². The maximum atomic E-state index is 5.89. The van der Waals surface area contributed by atoms with E-state index in [1.54, 1.807) is 11.3 Å². The molecule has 17 heavy (non-hydrogen) atoms. The maximum absolute atomic E-state index is 5.89. The minimum atomic E-state index is 0.589. The lowest BCUT2D eigenvalue weighted by Crippen LogP contribution is -2.28. The molecule has 5 heteroatoms. The van der Waals surface area contributed by atoms with Crippen LogP contribution in [0.25, 0.3) is 0 Å². The van der Waals surface area contributed by atoms with Gasteiger partial charge in [0.2, 0.25) is 0 Å². The molecule has 2 rings (SSSR count). The first-order chi connectivity index (χ1) is 8.13. The number of thioether (sulfide) groups is 1. The Morgan fingerprint density at radius 2 is 2.35 bits per heavy atom. The molecule has 2 heterocycles. The quantitative estimate of drug-likeness (QED) is 0.905. The molecule has 0 bridgehead atoms. The molecule has 0 saturated carbocycles. The summed E-state index contributed by atoms with van der Waals surface area (Å²) in [6.07, 6.45) is 1.22. The highest BCUT2D eigenvalue weighted by molar-refractivity contribution is 8.14. The Labute approximate surface area is 116 Å². The Morgan fingerprint density at radius 1 is 1.53 bits per heavy atom. The van der Waals surface area contributed by atoms with Gasteiger partial charge in [-0.05, 0) is 24.5 Å². The van der Waals surface area contributed by atoms with Crippen molar-refractivity contribution >= 4 is 39.9 Å². The number of aliphatic imine (C=N–C) groups is 1. The number of hydrogen-bond acceptors (Lipinski definition) is 3. The van der Waals surface area contributed by atoms with Crippen LogP contribution in [0.4, 0.5) is 0 Å². The van der Waals surface area contributed by atoms with Gasteiger partial charge in [0.25, 0.3) is 0 Å². The van der Waals surface area contributed by atoms with E-state index in [4.69, 9.17) is 11.6 Å².